The van der Waals surface area contributed by atoms with Crippen LogP contribution in [0.5, 0.6) is 0 Å². The molecule has 0 radical (unpaired) electrons. The summed E-state index contributed by atoms with van der Waals surface area (Å²) in [5.74, 6) is 1.28. The molecule has 0 aliphatic heterocycles. The average molecular weight is 412 g/mol. The first-order valence-electron chi connectivity index (χ1n) is 10.1. The number of aromatic nitrogens is 2. The average Bonchev–Trinajstić information content (AvgIpc) is 2.68. The number of rotatable bonds is 6. The van der Waals surface area contributed by atoms with Crippen LogP contribution in [0.25, 0.3) is 0 Å². The van der Waals surface area contributed by atoms with Gasteiger partial charge < -0.3 is 15.5 Å². The van der Waals surface area contributed by atoms with Crippen molar-refractivity contribution in [3.8, 4) is 0 Å². The Labute approximate surface area is 176 Å². The second kappa shape index (κ2) is 9.06. The molecule has 9 nitrogen and oxygen atoms in total. The zero-order valence-electron chi connectivity index (χ0n) is 17.8. The van der Waals surface area contributed by atoms with Crippen LogP contribution in [0.15, 0.2) is 24.4 Å². The number of hydrogen-bond acceptors (Lipinski definition) is 7. The SMILES string of the molecule is Cc1cc(C(=O)NC2CCC(Nc3nccc(N(C)C)n3)CC2)cc(C)c1[N+](=O)[O-]. The number of benzene rings is 1. The van der Waals surface area contributed by atoms with E-state index in [2.05, 4.69) is 20.6 Å². The minimum Gasteiger partial charge on any atom is -0.363 e. The molecule has 1 saturated carbocycles. The molecular weight excluding hydrogens is 384 g/mol. The highest BCUT2D eigenvalue weighted by Crippen LogP contribution is 2.25. The maximum Gasteiger partial charge on any atom is 0.275 e. The summed E-state index contributed by atoms with van der Waals surface area (Å²) in [6.07, 6.45) is 5.24. The van der Waals surface area contributed by atoms with Crippen molar-refractivity contribution in [2.24, 2.45) is 0 Å². The number of nitro benzene ring substituents is 1. The van der Waals surface area contributed by atoms with E-state index < -0.39 is 4.92 Å². The Morgan fingerprint density at radius 2 is 1.73 bits per heavy atom. The van der Waals surface area contributed by atoms with Crippen molar-refractivity contribution in [1.29, 1.82) is 0 Å². The van der Waals surface area contributed by atoms with Crippen molar-refractivity contribution < 1.29 is 9.72 Å². The van der Waals surface area contributed by atoms with E-state index >= 15 is 0 Å². The molecule has 0 atom stereocenters. The number of nitrogens with zero attached hydrogens (tertiary/aromatic N) is 4. The Morgan fingerprint density at radius 1 is 1.13 bits per heavy atom. The van der Waals surface area contributed by atoms with Gasteiger partial charge >= 0.3 is 0 Å². The van der Waals surface area contributed by atoms with Gasteiger partial charge in [-0.1, -0.05) is 0 Å². The van der Waals surface area contributed by atoms with Crippen LogP contribution in [-0.4, -0.2) is 47.0 Å². The summed E-state index contributed by atoms with van der Waals surface area (Å²) >= 11 is 0. The van der Waals surface area contributed by atoms with E-state index in [0.717, 1.165) is 31.5 Å². The fourth-order valence-corrected chi connectivity index (χ4v) is 3.88. The minimum atomic E-state index is -0.404. The Morgan fingerprint density at radius 3 is 2.30 bits per heavy atom. The van der Waals surface area contributed by atoms with Crippen molar-refractivity contribution >= 4 is 23.4 Å². The number of hydrogen-bond donors (Lipinski definition) is 2. The van der Waals surface area contributed by atoms with E-state index in [1.807, 2.05) is 25.1 Å². The highest BCUT2D eigenvalue weighted by molar-refractivity contribution is 5.95. The topological polar surface area (TPSA) is 113 Å². The highest BCUT2D eigenvalue weighted by atomic mass is 16.6. The summed E-state index contributed by atoms with van der Waals surface area (Å²) in [5, 5.41) is 17.6. The van der Waals surface area contributed by atoms with Crippen LogP contribution in [0.4, 0.5) is 17.5 Å². The quantitative estimate of drug-likeness (QED) is 0.553. The Hall–Kier alpha value is -3.23. The number of carbonyl (C=O) groups excluding carboxylic acids is 1. The molecule has 3 rings (SSSR count). The van der Waals surface area contributed by atoms with Crippen LogP contribution >= 0.6 is 0 Å². The smallest absolute Gasteiger partial charge is 0.275 e. The number of nitrogens with one attached hydrogen (secondary N) is 2. The maximum atomic E-state index is 12.7. The second-order valence-electron chi connectivity index (χ2n) is 8.01. The summed E-state index contributed by atoms with van der Waals surface area (Å²) in [5.41, 5.74) is 1.53. The first-order chi connectivity index (χ1) is 14.2. The standard InChI is InChI=1S/C21H28N6O3/c1-13-11-15(12-14(2)19(13)27(29)30)20(28)23-16-5-7-17(8-6-16)24-21-22-10-9-18(25-21)26(3)4/h9-12,16-17H,5-8H2,1-4H3,(H,23,28)(H,22,24,25). The van der Waals surface area contributed by atoms with E-state index in [-0.39, 0.29) is 23.7 Å². The third-order valence-corrected chi connectivity index (χ3v) is 5.43. The van der Waals surface area contributed by atoms with Crippen LogP contribution in [0.1, 0.15) is 47.2 Å². The van der Waals surface area contributed by atoms with Crippen molar-refractivity contribution in [2.45, 2.75) is 51.6 Å². The molecule has 1 aromatic carbocycles. The predicted molar refractivity (Wildman–Crippen MR) is 116 cm³/mol. The van der Waals surface area contributed by atoms with Gasteiger partial charge in [-0.25, -0.2) is 4.98 Å². The van der Waals surface area contributed by atoms with Gasteiger partial charge in [-0.05, 0) is 57.7 Å². The minimum absolute atomic E-state index is 0.0682. The Balaban J connectivity index is 1.55. The van der Waals surface area contributed by atoms with Crippen LogP contribution in [0.3, 0.4) is 0 Å². The molecule has 0 bridgehead atoms. The summed E-state index contributed by atoms with van der Waals surface area (Å²) in [7, 11) is 3.88. The third kappa shape index (κ3) is 5.03. The molecule has 160 valence electrons. The van der Waals surface area contributed by atoms with Gasteiger partial charge in [-0.3, -0.25) is 14.9 Å². The first-order valence-corrected chi connectivity index (χ1v) is 10.1. The number of anilines is 2. The lowest BCUT2D eigenvalue weighted by atomic mass is 9.91. The van der Waals surface area contributed by atoms with E-state index in [1.54, 1.807) is 32.2 Å². The summed E-state index contributed by atoms with van der Waals surface area (Å²) in [4.78, 5) is 34.1. The van der Waals surface area contributed by atoms with Gasteiger partial charge in [-0.15, -0.1) is 0 Å². The van der Waals surface area contributed by atoms with Crippen molar-refractivity contribution in [2.75, 3.05) is 24.3 Å². The Kier molecular flexibility index (Phi) is 6.49. The maximum absolute atomic E-state index is 12.7. The molecule has 1 aliphatic carbocycles. The van der Waals surface area contributed by atoms with Gasteiger partial charge in [0.15, 0.2) is 0 Å². The number of nitro groups is 1. The van der Waals surface area contributed by atoms with E-state index in [9.17, 15) is 14.9 Å². The number of amides is 1. The lowest BCUT2D eigenvalue weighted by Gasteiger charge is -2.30. The molecule has 30 heavy (non-hydrogen) atoms. The first kappa shape index (κ1) is 21.5. The van der Waals surface area contributed by atoms with E-state index in [1.165, 1.54) is 0 Å². The zero-order valence-corrected chi connectivity index (χ0v) is 17.8. The fourth-order valence-electron chi connectivity index (χ4n) is 3.88. The molecule has 1 amide bonds. The zero-order chi connectivity index (χ0) is 21.8. The van der Waals surface area contributed by atoms with Crippen LogP contribution in [0, 0.1) is 24.0 Å². The van der Waals surface area contributed by atoms with Gasteiger partial charge in [0, 0.05) is 49.1 Å². The van der Waals surface area contributed by atoms with Crippen LogP contribution in [-0.2, 0) is 0 Å². The summed E-state index contributed by atoms with van der Waals surface area (Å²) < 4.78 is 0. The summed E-state index contributed by atoms with van der Waals surface area (Å²) in [6.45, 7) is 3.32. The highest BCUT2D eigenvalue weighted by Gasteiger charge is 2.24. The molecule has 0 spiro atoms. The molecule has 1 aliphatic rings. The van der Waals surface area contributed by atoms with Gasteiger partial charge in [0.1, 0.15) is 5.82 Å². The summed E-state index contributed by atoms with van der Waals surface area (Å²) in [6, 6.07) is 5.38. The molecule has 1 heterocycles. The Bertz CT molecular complexity index is 915. The van der Waals surface area contributed by atoms with Crippen LogP contribution in [0.2, 0.25) is 0 Å². The normalized spacial score (nSPS) is 18.5. The van der Waals surface area contributed by atoms with E-state index in [4.69, 9.17) is 0 Å². The van der Waals surface area contributed by atoms with Crippen molar-refractivity contribution in [3.05, 3.63) is 51.2 Å². The molecule has 0 unspecified atom stereocenters. The monoisotopic (exact) mass is 412 g/mol. The van der Waals surface area contributed by atoms with E-state index in [0.29, 0.717) is 22.6 Å². The van der Waals surface area contributed by atoms with Gasteiger partial charge in [0.25, 0.3) is 11.6 Å². The predicted octanol–water partition coefficient (Wildman–Crippen LogP) is 3.22. The second-order valence-corrected chi connectivity index (χ2v) is 8.01. The molecule has 2 aromatic rings. The van der Waals surface area contributed by atoms with Crippen LogP contribution < -0.4 is 15.5 Å². The molecule has 2 N–H and O–H groups in total. The number of aryl methyl sites for hydroxylation is 2. The third-order valence-electron chi connectivity index (χ3n) is 5.43. The van der Waals surface area contributed by atoms with Crippen molar-refractivity contribution in [3.63, 3.8) is 0 Å². The lowest BCUT2D eigenvalue weighted by Crippen LogP contribution is -2.40. The fraction of sp³-hybridized carbons (Fsp3) is 0.476. The lowest BCUT2D eigenvalue weighted by molar-refractivity contribution is -0.386. The molecule has 9 heteroatoms. The van der Waals surface area contributed by atoms with Gasteiger partial charge in [0.05, 0.1) is 4.92 Å². The van der Waals surface area contributed by atoms with Gasteiger partial charge in [0.2, 0.25) is 5.95 Å². The molecular formula is C21H28N6O3. The molecule has 1 fully saturated rings. The molecule has 0 saturated heterocycles. The largest absolute Gasteiger partial charge is 0.363 e. The molecule has 1 aromatic heterocycles. The number of carbonyl (C=O) groups is 1. The van der Waals surface area contributed by atoms with Gasteiger partial charge in [-0.2, -0.15) is 4.98 Å². The van der Waals surface area contributed by atoms with Crippen molar-refractivity contribution in [1.82, 2.24) is 15.3 Å².